The molecule has 0 aliphatic rings. The van der Waals surface area contributed by atoms with E-state index in [2.05, 4.69) is 36.5 Å². The van der Waals surface area contributed by atoms with Crippen molar-refractivity contribution in [3.05, 3.63) is 40.3 Å². The molecule has 0 saturated heterocycles. The number of hydrogen-bond donors (Lipinski definition) is 1. The molecule has 7 heteroatoms. The van der Waals surface area contributed by atoms with Crippen LogP contribution >= 0.6 is 15.9 Å². The quantitative estimate of drug-likeness (QED) is 0.804. The van der Waals surface area contributed by atoms with Gasteiger partial charge in [-0.15, -0.1) is 5.10 Å². The summed E-state index contributed by atoms with van der Waals surface area (Å²) in [5.74, 6) is 1.31. The normalized spacial score (nSPS) is 11.0. The van der Waals surface area contributed by atoms with Gasteiger partial charge in [0.15, 0.2) is 11.4 Å². The van der Waals surface area contributed by atoms with Crippen LogP contribution < -0.4 is 5.32 Å². The van der Waals surface area contributed by atoms with Crippen molar-refractivity contribution in [2.75, 3.05) is 5.32 Å². The van der Waals surface area contributed by atoms with Gasteiger partial charge in [0.05, 0.1) is 16.7 Å². The maximum atomic E-state index is 5.10. The molecule has 0 aliphatic carbocycles. The topological polar surface area (TPSA) is 68.2 Å². The van der Waals surface area contributed by atoms with E-state index in [9.17, 15) is 0 Å². The van der Waals surface area contributed by atoms with Gasteiger partial charge >= 0.3 is 0 Å². The van der Waals surface area contributed by atoms with Crippen LogP contribution in [0.5, 0.6) is 0 Å². The van der Waals surface area contributed by atoms with E-state index in [1.807, 2.05) is 31.3 Å². The highest BCUT2D eigenvalue weighted by Gasteiger charge is 2.07. The van der Waals surface area contributed by atoms with E-state index in [4.69, 9.17) is 4.52 Å². The van der Waals surface area contributed by atoms with E-state index in [-0.39, 0.29) is 0 Å². The van der Waals surface area contributed by atoms with Crippen molar-refractivity contribution in [1.29, 1.82) is 0 Å². The van der Waals surface area contributed by atoms with Crippen molar-refractivity contribution in [2.45, 2.75) is 13.5 Å². The maximum Gasteiger partial charge on any atom is 0.243 e. The Morgan fingerprint density at radius 2 is 2.39 bits per heavy atom. The van der Waals surface area contributed by atoms with Crippen LogP contribution in [-0.4, -0.2) is 19.8 Å². The molecule has 1 N–H and O–H groups in total. The highest BCUT2D eigenvalue weighted by atomic mass is 79.9. The Morgan fingerprint density at radius 1 is 1.50 bits per heavy atom. The third kappa shape index (κ3) is 2.08. The highest BCUT2D eigenvalue weighted by Crippen LogP contribution is 2.17. The van der Waals surface area contributed by atoms with Gasteiger partial charge in [-0.1, -0.05) is 5.16 Å². The molecule has 3 aromatic heterocycles. The summed E-state index contributed by atoms with van der Waals surface area (Å²) in [7, 11) is 0. The highest BCUT2D eigenvalue weighted by molar-refractivity contribution is 9.10. The number of aromatic nitrogens is 4. The lowest BCUT2D eigenvalue weighted by molar-refractivity contribution is 0.384. The van der Waals surface area contributed by atoms with Gasteiger partial charge in [0.25, 0.3) is 0 Å². The molecular formula is C11H10BrN5O. The third-order valence-electron chi connectivity index (χ3n) is 2.41. The van der Waals surface area contributed by atoms with Crippen molar-refractivity contribution in [3.8, 4) is 0 Å². The van der Waals surface area contributed by atoms with E-state index in [0.29, 0.717) is 12.5 Å². The summed E-state index contributed by atoms with van der Waals surface area (Å²) < 4.78 is 7.71. The molecule has 0 aromatic carbocycles. The van der Waals surface area contributed by atoms with Crippen LogP contribution in [-0.2, 0) is 6.54 Å². The van der Waals surface area contributed by atoms with Crippen LogP contribution in [0.1, 0.15) is 11.5 Å². The van der Waals surface area contributed by atoms with E-state index in [1.54, 1.807) is 4.52 Å². The number of nitrogens with one attached hydrogen (secondary N) is 1. The molecule has 3 aromatic rings. The lowest BCUT2D eigenvalue weighted by atomic mass is 10.4. The van der Waals surface area contributed by atoms with Crippen molar-refractivity contribution < 1.29 is 4.52 Å². The second-order valence-electron chi connectivity index (χ2n) is 3.85. The fraction of sp³-hybridized carbons (Fsp3) is 0.182. The van der Waals surface area contributed by atoms with Gasteiger partial charge in [-0.3, -0.25) is 0 Å². The summed E-state index contributed by atoms with van der Waals surface area (Å²) in [4.78, 5) is 4.37. The summed E-state index contributed by atoms with van der Waals surface area (Å²) in [6, 6.07) is 5.70. The van der Waals surface area contributed by atoms with Gasteiger partial charge in [-0.05, 0) is 35.0 Å². The Hall–Kier alpha value is -1.89. The Kier molecular flexibility index (Phi) is 2.75. The zero-order chi connectivity index (χ0) is 12.5. The van der Waals surface area contributed by atoms with Crippen LogP contribution in [0.25, 0.3) is 5.65 Å². The largest absolute Gasteiger partial charge is 0.359 e. The number of pyridine rings is 1. The van der Waals surface area contributed by atoms with Crippen LogP contribution in [0.4, 0.5) is 5.95 Å². The molecule has 0 radical (unpaired) electrons. The minimum Gasteiger partial charge on any atom is -0.359 e. The van der Waals surface area contributed by atoms with Gasteiger partial charge in [0, 0.05) is 12.3 Å². The fourth-order valence-corrected chi connectivity index (χ4v) is 2.04. The molecule has 0 spiro atoms. The number of hydrogen-bond acceptors (Lipinski definition) is 5. The molecule has 0 amide bonds. The monoisotopic (exact) mass is 307 g/mol. The number of rotatable bonds is 3. The molecule has 0 fully saturated rings. The number of aryl methyl sites for hydroxylation is 1. The molecule has 18 heavy (non-hydrogen) atoms. The van der Waals surface area contributed by atoms with Crippen molar-refractivity contribution in [2.24, 2.45) is 0 Å². The van der Waals surface area contributed by atoms with Crippen molar-refractivity contribution >= 4 is 27.5 Å². The molecule has 0 bridgehead atoms. The smallest absolute Gasteiger partial charge is 0.243 e. The SMILES string of the molecule is Cc1cc(CNc2nc3c(Br)cccn3n2)on1. The number of nitrogens with zero attached hydrogens (tertiary/aromatic N) is 4. The summed E-state index contributed by atoms with van der Waals surface area (Å²) in [6.45, 7) is 2.39. The average Bonchev–Trinajstić information content (AvgIpc) is 2.93. The first-order chi connectivity index (χ1) is 8.72. The van der Waals surface area contributed by atoms with Crippen LogP contribution in [0, 0.1) is 6.92 Å². The summed E-state index contributed by atoms with van der Waals surface area (Å²) in [5, 5.41) is 11.2. The first-order valence-corrected chi connectivity index (χ1v) is 6.18. The molecule has 0 aliphatic heterocycles. The molecule has 92 valence electrons. The van der Waals surface area contributed by atoms with Crippen molar-refractivity contribution in [1.82, 2.24) is 19.8 Å². The predicted octanol–water partition coefficient (Wildman–Crippen LogP) is 2.40. The van der Waals surface area contributed by atoms with Crippen molar-refractivity contribution in [3.63, 3.8) is 0 Å². The second kappa shape index (κ2) is 4.41. The minimum absolute atomic E-state index is 0.509. The molecular weight excluding hydrogens is 298 g/mol. The average molecular weight is 308 g/mol. The summed E-state index contributed by atoms with van der Waals surface area (Å²) in [6.07, 6.45) is 1.84. The molecule has 6 nitrogen and oxygen atoms in total. The molecule has 0 unspecified atom stereocenters. The number of fused-ring (bicyclic) bond motifs is 1. The summed E-state index contributed by atoms with van der Waals surface area (Å²) in [5.41, 5.74) is 1.63. The van der Waals surface area contributed by atoms with E-state index < -0.39 is 0 Å². The van der Waals surface area contributed by atoms with Gasteiger partial charge in [-0.25, -0.2) is 4.52 Å². The standard InChI is InChI=1S/C11H10BrN5O/c1-7-5-8(18-16-7)6-13-11-14-10-9(12)3-2-4-17(10)15-11/h2-5H,6H2,1H3,(H,13,15). The second-order valence-corrected chi connectivity index (χ2v) is 4.70. The van der Waals surface area contributed by atoms with Gasteiger partial charge < -0.3 is 9.84 Å². The first kappa shape index (κ1) is 11.2. The Bertz CT molecular complexity index is 690. The first-order valence-electron chi connectivity index (χ1n) is 5.39. The van der Waals surface area contributed by atoms with Gasteiger partial charge in [0.2, 0.25) is 5.95 Å². The van der Waals surface area contributed by atoms with Crippen LogP contribution in [0.15, 0.2) is 33.4 Å². The number of halogens is 1. The predicted molar refractivity (Wildman–Crippen MR) is 69.3 cm³/mol. The zero-order valence-corrected chi connectivity index (χ0v) is 11.2. The Balaban J connectivity index is 1.81. The number of anilines is 1. The fourth-order valence-electron chi connectivity index (χ4n) is 1.61. The lowest BCUT2D eigenvalue weighted by Gasteiger charge is -1.95. The van der Waals surface area contributed by atoms with E-state index >= 15 is 0 Å². The molecule has 3 heterocycles. The van der Waals surface area contributed by atoms with Crippen LogP contribution in [0.3, 0.4) is 0 Å². The Labute approximate surface area is 111 Å². The minimum atomic E-state index is 0.509. The maximum absolute atomic E-state index is 5.10. The van der Waals surface area contributed by atoms with E-state index in [1.165, 1.54) is 0 Å². The van der Waals surface area contributed by atoms with Gasteiger partial charge in [-0.2, -0.15) is 4.98 Å². The van der Waals surface area contributed by atoms with E-state index in [0.717, 1.165) is 21.6 Å². The van der Waals surface area contributed by atoms with Gasteiger partial charge in [0.1, 0.15) is 0 Å². The Morgan fingerprint density at radius 3 is 3.11 bits per heavy atom. The zero-order valence-electron chi connectivity index (χ0n) is 9.59. The molecule has 0 atom stereocenters. The molecule has 3 rings (SSSR count). The van der Waals surface area contributed by atoms with Crippen LogP contribution in [0.2, 0.25) is 0 Å². The lowest BCUT2D eigenvalue weighted by Crippen LogP contribution is -2.00. The summed E-state index contributed by atoms with van der Waals surface area (Å²) >= 11 is 3.43. The third-order valence-corrected chi connectivity index (χ3v) is 3.03. The molecule has 0 saturated carbocycles.